The van der Waals surface area contributed by atoms with Crippen LogP contribution in [0.5, 0.6) is 5.75 Å². The van der Waals surface area contributed by atoms with Crippen molar-refractivity contribution in [2.24, 2.45) is 5.73 Å². The molecule has 0 aromatic heterocycles. The lowest BCUT2D eigenvalue weighted by molar-refractivity contribution is 0.0987. The Bertz CT molecular complexity index is 437. The van der Waals surface area contributed by atoms with E-state index in [4.69, 9.17) is 22.1 Å². The molecule has 0 fully saturated rings. The van der Waals surface area contributed by atoms with Gasteiger partial charge in [0.15, 0.2) is 0 Å². The third-order valence-electron chi connectivity index (χ3n) is 2.38. The molecule has 17 heavy (non-hydrogen) atoms. The van der Waals surface area contributed by atoms with Crippen LogP contribution in [0.15, 0.2) is 12.1 Å². The summed E-state index contributed by atoms with van der Waals surface area (Å²) in [6.07, 6.45) is 1.39. The number of nitrogens with two attached hydrogens (primary N) is 1. The molecule has 1 aromatic rings. The van der Waals surface area contributed by atoms with Crippen LogP contribution in [0.1, 0.15) is 15.9 Å². The molecule has 2 N–H and O–H groups in total. The zero-order valence-corrected chi connectivity index (χ0v) is 11.4. The number of hydrogen-bond acceptors (Lipinski definition) is 4. The summed E-state index contributed by atoms with van der Waals surface area (Å²) in [4.78, 5) is 12.0. The van der Waals surface area contributed by atoms with E-state index in [-0.39, 0.29) is 5.78 Å². The smallest absolute Gasteiger partial charge is 0.230 e. The van der Waals surface area contributed by atoms with Crippen molar-refractivity contribution in [1.29, 1.82) is 0 Å². The van der Waals surface area contributed by atoms with E-state index in [1.54, 1.807) is 13.0 Å². The Morgan fingerprint density at radius 3 is 2.65 bits per heavy atom. The molecule has 1 rings (SSSR count). The highest BCUT2D eigenvalue weighted by Gasteiger charge is 2.26. The maximum Gasteiger partial charge on any atom is 0.230 e. The van der Waals surface area contributed by atoms with Crippen molar-refractivity contribution < 1.29 is 14.1 Å². The summed E-state index contributed by atoms with van der Waals surface area (Å²) in [7, 11) is 1.46. The van der Waals surface area contributed by atoms with Gasteiger partial charge in [-0.2, -0.15) is 0 Å². The molecule has 0 heterocycles. The zero-order chi connectivity index (χ0) is 13.2. The van der Waals surface area contributed by atoms with Crippen LogP contribution in [-0.4, -0.2) is 29.1 Å². The second-order valence-corrected chi connectivity index (χ2v) is 5.50. The minimum Gasteiger partial charge on any atom is -0.615 e. The van der Waals surface area contributed by atoms with Crippen LogP contribution < -0.4 is 10.5 Å². The third-order valence-corrected chi connectivity index (χ3v) is 3.60. The van der Waals surface area contributed by atoms with Crippen LogP contribution in [0.4, 0.5) is 0 Å². The molecule has 0 saturated carbocycles. The first-order chi connectivity index (χ1) is 7.88. The van der Waals surface area contributed by atoms with Gasteiger partial charge in [-0.25, -0.2) is 0 Å². The van der Waals surface area contributed by atoms with Gasteiger partial charge in [0.2, 0.25) is 11.2 Å². The summed E-state index contributed by atoms with van der Waals surface area (Å²) >= 11 is 4.51. The van der Waals surface area contributed by atoms with Crippen molar-refractivity contribution in [2.45, 2.75) is 12.3 Å². The molecule has 6 heteroatoms. The molecule has 0 bridgehead atoms. The van der Waals surface area contributed by atoms with E-state index >= 15 is 0 Å². The van der Waals surface area contributed by atoms with E-state index in [1.807, 2.05) is 0 Å². The van der Waals surface area contributed by atoms with Crippen molar-refractivity contribution in [3.05, 3.63) is 28.3 Å². The van der Waals surface area contributed by atoms with Gasteiger partial charge in [-0.05, 0) is 35.8 Å². The lowest BCUT2D eigenvalue weighted by Gasteiger charge is -2.15. The molecular formula is C11H14ClNO3S. The number of halogens is 1. The molecule has 1 aromatic carbocycles. The van der Waals surface area contributed by atoms with Gasteiger partial charge in [0.25, 0.3) is 0 Å². The number of methoxy groups -OCH3 is 1. The van der Waals surface area contributed by atoms with E-state index in [2.05, 4.69) is 0 Å². The van der Waals surface area contributed by atoms with Crippen LogP contribution >= 0.6 is 11.6 Å². The van der Waals surface area contributed by atoms with Crippen molar-refractivity contribution >= 4 is 28.6 Å². The monoisotopic (exact) mass is 275 g/mol. The Morgan fingerprint density at radius 2 is 2.18 bits per heavy atom. The first kappa shape index (κ1) is 14.3. The summed E-state index contributed by atoms with van der Waals surface area (Å²) in [5.41, 5.74) is 6.63. The molecule has 0 aliphatic carbocycles. The van der Waals surface area contributed by atoms with Crippen molar-refractivity contribution in [3.8, 4) is 5.75 Å². The Hall–Kier alpha value is -0.750. The maximum atomic E-state index is 12.0. The number of hydrogen-bond donors (Lipinski definition) is 1. The fourth-order valence-corrected chi connectivity index (χ4v) is 2.10. The first-order valence-corrected chi connectivity index (χ1v) is 6.84. The second kappa shape index (κ2) is 5.73. The summed E-state index contributed by atoms with van der Waals surface area (Å²) in [6, 6.07) is 3.14. The first-order valence-electron chi connectivity index (χ1n) is 4.84. The summed E-state index contributed by atoms with van der Waals surface area (Å²) in [5, 5.41) is -0.604. The number of aryl methyl sites for hydroxylation is 1. The molecule has 0 saturated heterocycles. The van der Waals surface area contributed by atoms with Crippen molar-refractivity contribution in [1.82, 2.24) is 0 Å². The predicted octanol–water partition coefficient (Wildman–Crippen LogP) is 1.50. The van der Waals surface area contributed by atoms with Gasteiger partial charge in [-0.1, -0.05) is 11.6 Å². The Morgan fingerprint density at radius 1 is 1.59 bits per heavy atom. The van der Waals surface area contributed by atoms with Crippen LogP contribution in [0, 0.1) is 6.92 Å². The van der Waals surface area contributed by atoms with E-state index in [9.17, 15) is 9.35 Å². The van der Waals surface area contributed by atoms with E-state index in [1.165, 1.54) is 19.4 Å². The molecule has 0 aliphatic heterocycles. The number of carbonyl (C=O) groups is 1. The van der Waals surface area contributed by atoms with Gasteiger partial charge in [0.05, 0.1) is 18.4 Å². The van der Waals surface area contributed by atoms with Crippen molar-refractivity contribution in [3.63, 3.8) is 0 Å². The van der Waals surface area contributed by atoms with Gasteiger partial charge in [-0.3, -0.25) is 10.5 Å². The number of rotatable bonds is 4. The van der Waals surface area contributed by atoms with Gasteiger partial charge < -0.3 is 9.29 Å². The number of ketones is 1. The topological polar surface area (TPSA) is 75.4 Å². The van der Waals surface area contributed by atoms with E-state index < -0.39 is 16.5 Å². The largest absolute Gasteiger partial charge is 0.615 e. The fraction of sp³-hybridized carbons (Fsp3) is 0.364. The second-order valence-electron chi connectivity index (χ2n) is 3.59. The lowest BCUT2D eigenvalue weighted by Crippen LogP contribution is -2.38. The van der Waals surface area contributed by atoms with Crippen LogP contribution in [-0.2, 0) is 11.2 Å². The SMILES string of the molecule is COc1cc(C(=O)C(N)[S+](C)[O-])c(C)cc1Cl. The minimum atomic E-state index is -1.41. The molecule has 0 spiro atoms. The van der Waals surface area contributed by atoms with Crippen LogP contribution in [0.3, 0.4) is 0 Å². The maximum absolute atomic E-state index is 12.0. The normalized spacial score (nSPS) is 14.2. The van der Waals surface area contributed by atoms with Gasteiger partial charge >= 0.3 is 0 Å². The minimum absolute atomic E-state index is 0.377. The Balaban J connectivity index is 3.18. The summed E-state index contributed by atoms with van der Waals surface area (Å²) in [5.74, 6) is 0.0213. The Kier molecular flexibility index (Phi) is 4.82. The van der Waals surface area contributed by atoms with Crippen LogP contribution in [0.25, 0.3) is 0 Å². The van der Waals surface area contributed by atoms with Crippen LogP contribution in [0.2, 0.25) is 5.02 Å². The number of ether oxygens (including phenoxy) is 1. The molecule has 2 unspecified atom stereocenters. The summed E-state index contributed by atoms with van der Waals surface area (Å²) in [6.45, 7) is 1.74. The summed E-state index contributed by atoms with van der Waals surface area (Å²) < 4.78 is 16.2. The third kappa shape index (κ3) is 3.13. The average Bonchev–Trinajstić information content (AvgIpc) is 2.27. The quantitative estimate of drug-likeness (QED) is 0.667. The highest BCUT2D eigenvalue weighted by Crippen LogP contribution is 2.28. The predicted molar refractivity (Wildman–Crippen MR) is 69.1 cm³/mol. The van der Waals surface area contributed by atoms with Gasteiger partial charge in [0.1, 0.15) is 5.75 Å². The lowest BCUT2D eigenvalue weighted by atomic mass is 10.0. The standard InChI is InChI=1S/C11H14ClNO3S/c1-6-4-8(12)9(16-2)5-7(6)10(14)11(13)17(3)15/h4-5,11H,13H2,1-3H3. The molecule has 94 valence electrons. The van der Waals surface area contributed by atoms with Gasteiger partial charge in [-0.15, -0.1) is 0 Å². The van der Waals surface area contributed by atoms with Gasteiger partial charge in [0, 0.05) is 5.56 Å². The van der Waals surface area contributed by atoms with E-state index in [0.717, 1.165) is 0 Å². The van der Waals surface area contributed by atoms with Crippen molar-refractivity contribution in [2.75, 3.05) is 13.4 Å². The molecule has 4 nitrogen and oxygen atoms in total. The Labute approximate surface area is 108 Å². The molecular weight excluding hydrogens is 262 g/mol. The zero-order valence-electron chi connectivity index (χ0n) is 9.82. The number of carbonyl (C=O) groups excluding carboxylic acids is 1. The molecule has 0 radical (unpaired) electrons. The number of Topliss-reactive ketones (excluding diaryl/α,β-unsaturated/α-hetero) is 1. The fourth-order valence-electron chi connectivity index (χ4n) is 1.38. The molecule has 0 aliphatic rings. The highest BCUT2D eigenvalue weighted by molar-refractivity contribution is 7.92. The molecule has 0 amide bonds. The number of benzene rings is 1. The molecule has 2 atom stereocenters. The highest BCUT2D eigenvalue weighted by atomic mass is 35.5. The van der Waals surface area contributed by atoms with E-state index in [0.29, 0.717) is 21.9 Å². The average molecular weight is 276 g/mol.